The van der Waals surface area contributed by atoms with Gasteiger partial charge in [0.2, 0.25) is 11.8 Å². The van der Waals surface area contributed by atoms with Crippen molar-refractivity contribution in [3.8, 4) is 0 Å². The highest BCUT2D eigenvalue weighted by Gasteiger charge is 2.52. The lowest BCUT2D eigenvalue weighted by molar-refractivity contribution is -0.158. The van der Waals surface area contributed by atoms with Crippen LogP contribution < -0.4 is 5.32 Å². The van der Waals surface area contributed by atoms with Crippen molar-refractivity contribution in [1.29, 1.82) is 0 Å². The zero-order valence-corrected chi connectivity index (χ0v) is 18.4. The van der Waals surface area contributed by atoms with Crippen molar-refractivity contribution in [2.45, 2.75) is 45.6 Å². The van der Waals surface area contributed by atoms with Gasteiger partial charge in [0, 0.05) is 11.4 Å². The van der Waals surface area contributed by atoms with Crippen LogP contribution in [0.2, 0.25) is 0 Å². The summed E-state index contributed by atoms with van der Waals surface area (Å²) in [5.41, 5.74) is 2.64. The fourth-order valence-corrected chi connectivity index (χ4v) is 4.87. The number of esters is 1. The number of hydrogen-bond acceptors (Lipinski definition) is 6. The predicted octanol–water partition coefficient (Wildman–Crippen LogP) is 2.69. The van der Waals surface area contributed by atoms with Gasteiger partial charge in [-0.1, -0.05) is 30.5 Å². The van der Waals surface area contributed by atoms with Gasteiger partial charge in [0.1, 0.15) is 6.04 Å². The molecular weight excluding hydrogens is 404 g/mol. The maximum absolute atomic E-state index is 12.8. The number of nitrogens with zero attached hydrogens (tertiary/aromatic N) is 1. The molecule has 162 valence electrons. The Morgan fingerprint density at radius 1 is 1.17 bits per heavy atom. The van der Waals surface area contributed by atoms with Crippen molar-refractivity contribution in [3.05, 3.63) is 29.3 Å². The summed E-state index contributed by atoms with van der Waals surface area (Å²) in [4.78, 5) is 51.7. The van der Waals surface area contributed by atoms with Crippen LogP contribution in [0.25, 0.3) is 0 Å². The molecule has 3 rings (SSSR count). The number of nitrogens with one attached hydrogen (secondary N) is 1. The fourth-order valence-electron chi connectivity index (χ4n) is 4.27. The highest BCUT2D eigenvalue weighted by molar-refractivity contribution is 7.98. The molecule has 1 heterocycles. The molecule has 1 N–H and O–H groups in total. The molecule has 1 saturated carbocycles. The van der Waals surface area contributed by atoms with Crippen molar-refractivity contribution in [2.75, 3.05) is 23.9 Å². The maximum Gasteiger partial charge on any atom is 0.330 e. The number of carbonyl (C=O) groups excluding carboxylic acids is 4. The Balaban J connectivity index is 1.63. The van der Waals surface area contributed by atoms with Crippen LogP contribution in [-0.4, -0.2) is 53.2 Å². The van der Waals surface area contributed by atoms with Crippen LogP contribution in [-0.2, 0) is 23.9 Å². The number of anilines is 1. The van der Waals surface area contributed by atoms with Gasteiger partial charge in [0.25, 0.3) is 5.91 Å². The molecule has 2 fully saturated rings. The van der Waals surface area contributed by atoms with E-state index in [4.69, 9.17) is 4.74 Å². The van der Waals surface area contributed by atoms with Gasteiger partial charge in [-0.25, -0.2) is 4.79 Å². The molecule has 0 aromatic heterocycles. The van der Waals surface area contributed by atoms with Gasteiger partial charge in [-0.05, 0) is 44.6 Å². The number of imide groups is 1. The fraction of sp³-hybridized carbons (Fsp3) is 0.545. The van der Waals surface area contributed by atoms with Gasteiger partial charge >= 0.3 is 5.97 Å². The molecule has 1 aromatic carbocycles. The summed E-state index contributed by atoms with van der Waals surface area (Å²) in [6, 6.07) is 4.62. The number of ether oxygens (including phenoxy) is 1. The second-order valence-corrected chi connectivity index (χ2v) is 8.90. The van der Waals surface area contributed by atoms with Crippen molar-refractivity contribution < 1.29 is 23.9 Å². The zero-order valence-electron chi connectivity index (χ0n) is 17.6. The van der Waals surface area contributed by atoms with Crippen molar-refractivity contribution in [1.82, 2.24) is 4.90 Å². The van der Waals surface area contributed by atoms with Crippen LogP contribution in [0.5, 0.6) is 0 Å². The van der Waals surface area contributed by atoms with Crippen LogP contribution in [0.3, 0.4) is 0 Å². The highest BCUT2D eigenvalue weighted by Crippen LogP contribution is 2.39. The molecule has 1 aliphatic heterocycles. The number of aryl methyl sites for hydroxylation is 2. The number of amides is 3. The summed E-state index contributed by atoms with van der Waals surface area (Å²) >= 11 is 1.35. The average molecular weight is 433 g/mol. The molecule has 30 heavy (non-hydrogen) atoms. The maximum atomic E-state index is 12.8. The first-order chi connectivity index (χ1) is 14.3. The number of benzene rings is 1. The lowest BCUT2D eigenvalue weighted by Crippen LogP contribution is -2.48. The van der Waals surface area contributed by atoms with E-state index in [1.807, 2.05) is 26.0 Å². The normalized spacial score (nSPS) is 21.9. The molecule has 7 nitrogen and oxygen atoms in total. The van der Waals surface area contributed by atoms with E-state index in [2.05, 4.69) is 5.32 Å². The first-order valence-corrected chi connectivity index (χ1v) is 11.6. The van der Waals surface area contributed by atoms with E-state index >= 15 is 0 Å². The first-order valence-electron chi connectivity index (χ1n) is 10.2. The second-order valence-electron chi connectivity index (χ2n) is 7.99. The molecule has 0 radical (unpaired) electrons. The lowest BCUT2D eigenvalue weighted by Gasteiger charge is -2.24. The minimum atomic E-state index is -1.00. The van der Waals surface area contributed by atoms with Crippen LogP contribution in [0.4, 0.5) is 5.69 Å². The van der Waals surface area contributed by atoms with E-state index in [-0.39, 0.29) is 29.4 Å². The minimum Gasteiger partial charge on any atom is -0.454 e. The molecule has 0 bridgehead atoms. The molecule has 2 aliphatic rings. The Morgan fingerprint density at radius 2 is 1.80 bits per heavy atom. The van der Waals surface area contributed by atoms with Gasteiger partial charge in [-0.2, -0.15) is 11.8 Å². The molecular formula is C22H28N2O5S. The third-order valence-electron chi connectivity index (χ3n) is 5.79. The highest BCUT2D eigenvalue weighted by atomic mass is 32.2. The SMILES string of the molecule is CSC[C@H](C(=O)OCC(=O)Nc1ccc(C)cc1C)N1C(=O)[C@H]2CCCC[C@H]2C1=O. The van der Waals surface area contributed by atoms with Gasteiger partial charge in [0.15, 0.2) is 6.61 Å². The summed E-state index contributed by atoms with van der Waals surface area (Å²) in [6.07, 6.45) is 5.01. The monoisotopic (exact) mass is 432 g/mol. The largest absolute Gasteiger partial charge is 0.454 e. The van der Waals surface area contributed by atoms with Gasteiger partial charge < -0.3 is 10.1 Å². The molecule has 1 aromatic rings. The number of hydrogen-bond donors (Lipinski definition) is 1. The van der Waals surface area contributed by atoms with E-state index in [9.17, 15) is 19.2 Å². The molecule has 3 atom stereocenters. The summed E-state index contributed by atoms with van der Waals surface area (Å²) in [5.74, 6) is -2.14. The predicted molar refractivity (Wildman–Crippen MR) is 115 cm³/mol. The van der Waals surface area contributed by atoms with E-state index < -0.39 is 24.5 Å². The second kappa shape index (κ2) is 9.64. The van der Waals surface area contributed by atoms with Gasteiger partial charge in [-0.3, -0.25) is 19.3 Å². The third kappa shape index (κ3) is 4.69. The summed E-state index contributed by atoms with van der Waals surface area (Å²) in [7, 11) is 0. The third-order valence-corrected chi connectivity index (χ3v) is 6.43. The zero-order chi connectivity index (χ0) is 21.8. The van der Waals surface area contributed by atoms with E-state index in [1.54, 1.807) is 12.3 Å². The summed E-state index contributed by atoms with van der Waals surface area (Å²) in [5, 5.41) is 2.72. The Labute approximate surface area is 180 Å². The standard InChI is InChI=1S/C22H28N2O5S/c1-13-8-9-17(14(2)10-13)23-19(25)11-29-22(28)18(12-30-3)24-20(26)15-6-4-5-7-16(15)21(24)27/h8-10,15-16,18H,4-7,11-12H2,1-3H3,(H,23,25)/t15-,16+,18-/m1/s1. The molecule has 3 amide bonds. The van der Waals surface area contributed by atoms with E-state index in [1.165, 1.54) is 11.8 Å². The van der Waals surface area contributed by atoms with Crippen LogP contribution >= 0.6 is 11.8 Å². The quantitative estimate of drug-likeness (QED) is 0.526. The molecule has 8 heteroatoms. The van der Waals surface area contributed by atoms with Crippen molar-refractivity contribution >= 4 is 41.1 Å². The van der Waals surface area contributed by atoms with Crippen molar-refractivity contribution in [2.24, 2.45) is 11.8 Å². The first kappa shape index (κ1) is 22.3. The van der Waals surface area contributed by atoms with Crippen LogP contribution in [0, 0.1) is 25.7 Å². The molecule has 1 saturated heterocycles. The molecule has 0 spiro atoms. The molecule has 1 aliphatic carbocycles. The lowest BCUT2D eigenvalue weighted by atomic mass is 9.81. The van der Waals surface area contributed by atoms with Crippen LogP contribution in [0.15, 0.2) is 18.2 Å². The van der Waals surface area contributed by atoms with E-state index in [0.717, 1.165) is 28.9 Å². The van der Waals surface area contributed by atoms with E-state index in [0.29, 0.717) is 18.5 Å². The Kier molecular flexibility index (Phi) is 7.18. The molecule has 0 unspecified atom stereocenters. The number of carbonyl (C=O) groups is 4. The number of thioether (sulfide) groups is 1. The number of rotatable bonds is 7. The number of fused-ring (bicyclic) bond motifs is 1. The van der Waals surface area contributed by atoms with Crippen molar-refractivity contribution in [3.63, 3.8) is 0 Å². The number of likely N-dealkylation sites (tertiary alicyclic amines) is 1. The smallest absolute Gasteiger partial charge is 0.330 e. The average Bonchev–Trinajstić information content (AvgIpc) is 2.97. The van der Waals surface area contributed by atoms with Gasteiger partial charge in [0.05, 0.1) is 11.8 Å². The Bertz CT molecular complexity index is 832. The van der Waals surface area contributed by atoms with Gasteiger partial charge in [-0.15, -0.1) is 0 Å². The Morgan fingerprint density at radius 3 is 2.37 bits per heavy atom. The van der Waals surface area contributed by atoms with Crippen LogP contribution in [0.1, 0.15) is 36.8 Å². The summed E-state index contributed by atoms with van der Waals surface area (Å²) < 4.78 is 5.21. The minimum absolute atomic E-state index is 0.244. The topological polar surface area (TPSA) is 92.8 Å². The Hall–Kier alpha value is -2.35. The summed E-state index contributed by atoms with van der Waals surface area (Å²) in [6.45, 7) is 3.37.